The highest BCUT2D eigenvalue weighted by atomic mass is 16.3. The Morgan fingerprint density at radius 1 is 1.26 bits per heavy atom. The molecule has 1 fully saturated rings. The Labute approximate surface area is 139 Å². The van der Waals surface area contributed by atoms with Gasteiger partial charge in [0.15, 0.2) is 0 Å². The summed E-state index contributed by atoms with van der Waals surface area (Å²) in [6, 6.07) is 7.93. The van der Waals surface area contributed by atoms with Crippen molar-refractivity contribution in [3.05, 3.63) is 29.8 Å². The van der Waals surface area contributed by atoms with Crippen molar-refractivity contribution >= 4 is 11.7 Å². The van der Waals surface area contributed by atoms with Gasteiger partial charge in [0.05, 0.1) is 6.61 Å². The molecule has 1 aliphatic rings. The number of hydrogen-bond donors (Lipinski definition) is 2. The molecule has 0 unspecified atom stereocenters. The lowest BCUT2D eigenvalue weighted by atomic mass is 9.79. The van der Waals surface area contributed by atoms with Crippen LogP contribution in [0.5, 0.6) is 0 Å². The third-order valence-electron chi connectivity index (χ3n) is 4.71. The lowest BCUT2D eigenvalue weighted by Gasteiger charge is -2.42. The smallest absolute Gasteiger partial charge is 0.321 e. The molecule has 0 radical (unpaired) electrons. The predicted octanol–water partition coefficient (Wildman–Crippen LogP) is 2.42. The average molecular weight is 319 g/mol. The van der Waals surface area contributed by atoms with E-state index in [1.165, 1.54) is 5.56 Å². The van der Waals surface area contributed by atoms with Gasteiger partial charge in [0.25, 0.3) is 0 Å². The molecule has 5 heteroatoms. The number of nitrogens with zero attached hydrogens (tertiary/aromatic N) is 2. The van der Waals surface area contributed by atoms with E-state index < -0.39 is 0 Å². The minimum absolute atomic E-state index is 0.0503. The topological polar surface area (TPSA) is 55.8 Å². The first-order valence-electron chi connectivity index (χ1n) is 8.38. The van der Waals surface area contributed by atoms with Gasteiger partial charge in [-0.15, -0.1) is 0 Å². The first kappa shape index (κ1) is 17.8. The van der Waals surface area contributed by atoms with Crippen LogP contribution in [0.15, 0.2) is 24.3 Å². The normalized spacial score (nSPS) is 17.3. The molecule has 0 aromatic heterocycles. The molecule has 0 spiro atoms. The van der Waals surface area contributed by atoms with E-state index in [1.807, 2.05) is 43.3 Å². The third kappa shape index (κ3) is 4.69. The van der Waals surface area contributed by atoms with E-state index in [0.29, 0.717) is 13.1 Å². The molecule has 0 bridgehead atoms. The van der Waals surface area contributed by atoms with Crippen molar-refractivity contribution in [3.63, 3.8) is 0 Å². The first-order valence-corrected chi connectivity index (χ1v) is 8.38. The number of hydrogen-bond acceptors (Lipinski definition) is 3. The maximum Gasteiger partial charge on any atom is 0.321 e. The SMILES string of the molecule is CCc1ccc(NC(=O)N2CCC(CO)(CN(C)C)CC2)cc1. The fourth-order valence-corrected chi connectivity index (χ4v) is 3.25. The summed E-state index contributed by atoms with van der Waals surface area (Å²) in [6.45, 7) is 4.53. The molecule has 1 heterocycles. The number of piperidine rings is 1. The Morgan fingerprint density at radius 3 is 2.35 bits per heavy atom. The number of rotatable bonds is 5. The summed E-state index contributed by atoms with van der Waals surface area (Å²) in [5.74, 6) is 0. The summed E-state index contributed by atoms with van der Waals surface area (Å²) >= 11 is 0. The van der Waals surface area contributed by atoms with Crippen molar-refractivity contribution in [3.8, 4) is 0 Å². The van der Waals surface area contributed by atoms with Crippen molar-refractivity contribution < 1.29 is 9.90 Å². The molecule has 0 atom stereocenters. The Balaban J connectivity index is 1.89. The Morgan fingerprint density at radius 2 is 1.87 bits per heavy atom. The molecule has 1 aliphatic heterocycles. The second kappa shape index (κ2) is 7.79. The summed E-state index contributed by atoms with van der Waals surface area (Å²) in [5, 5.41) is 12.7. The fraction of sp³-hybridized carbons (Fsp3) is 0.611. The van der Waals surface area contributed by atoms with Crippen LogP contribution >= 0.6 is 0 Å². The van der Waals surface area contributed by atoms with Crippen LogP contribution in [0.25, 0.3) is 0 Å². The van der Waals surface area contributed by atoms with Gasteiger partial charge in [-0.2, -0.15) is 0 Å². The van der Waals surface area contributed by atoms with E-state index >= 15 is 0 Å². The van der Waals surface area contributed by atoms with Crippen molar-refractivity contribution in [2.24, 2.45) is 5.41 Å². The number of aryl methyl sites for hydroxylation is 1. The largest absolute Gasteiger partial charge is 0.396 e. The zero-order chi connectivity index (χ0) is 16.9. The summed E-state index contributed by atoms with van der Waals surface area (Å²) in [5.41, 5.74) is 2.01. The van der Waals surface area contributed by atoms with Gasteiger partial charge in [0, 0.05) is 30.7 Å². The van der Waals surface area contributed by atoms with Crippen molar-refractivity contribution in [1.29, 1.82) is 0 Å². The molecule has 1 saturated heterocycles. The highest BCUT2D eigenvalue weighted by Crippen LogP contribution is 2.31. The number of likely N-dealkylation sites (tertiary alicyclic amines) is 1. The van der Waals surface area contributed by atoms with Crippen LogP contribution in [0.3, 0.4) is 0 Å². The van der Waals surface area contributed by atoms with Crippen LogP contribution in [0.4, 0.5) is 10.5 Å². The van der Waals surface area contributed by atoms with Crippen molar-refractivity contribution in [2.75, 3.05) is 45.7 Å². The van der Waals surface area contributed by atoms with Gasteiger partial charge in [0.2, 0.25) is 0 Å². The monoisotopic (exact) mass is 319 g/mol. The second-order valence-corrected chi connectivity index (χ2v) is 6.86. The van der Waals surface area contributed by atoms with Gasteiger partial charge in [0.1, 0.15) is 0 Å². The number of aliphatic hydroxyl groups is 1. The van der Waals surface area contributed by atoms with E-state index in [9.17, 15) is 9.90 Å². The number of amides is 2. The van der Waals surface area contributed by atoms with Crippen LogP contribution in [-0.4, -0.2) is 61.3 Å². The van der Waals surface area contributed by atoms with Crippen LogP contribution < -0.4 is 5.32 Å². The molecule has 2 rings (SSSR count). The molecule has 128 valence electrons. The number of aliphatic hydroxyl groups excluding tert-OH is 1. The average Bonchev–Trinajstić information content (AvgIpc) is 2.55. The van der Waals surface area contributed by atoms with Gasteiger partial charge < -0.3 is 20.2 Å². The number of benzene rings is 1. The van der Waals surface area contributed by atoms with E-state index in [-0.39, 0.29) is 18.1 Å². The molecule has 5 nitrogen and oxygen atoms in total. The highest BCUT2D eigenvalue weighted by Gasteiger charge is 2.35. The van der Waals surface area contributed by atoms with Crippen LogP contribution in [-0.2, 0) is 6.42 Å². The molecule has 23 heavy (non-hydrogen) atoms. The van der Waals surface area contributed by atoms with Crippen LogP contribution in [0.1, 0.15) is 25.3 Å². The number of nitrogens with one attached hydrogen (secondary N) is 1. The molecule has 0 aliphatic carbocycles. The standard InChI is InChI=1S/C18H29N3O2/c1-4-15-5-7-16(8-6-15)19-17(23)21-11-9-18(14-22,10-12-21)13-20(2)3/h5-8,22H,4,9-14H2,1-3H3,(H,19,23). The van der Waals surface area contributed by atoms with Gasteiger partial charge in [-0.25, -0.2) is 4.79 Å². The van der Waals surface area contributed by atoms with E-state index in [0.717, 1.165) is 31.5 Å². The quantitative estimate of drug-likeness (QED) is 0.876. The summed E-state index contributed by atoms with van der Waals surface area (Å²) < 4.78 is 0. The van der Waals surface area contributed by atoms with Gasteiger partial charge in [-0.3, -0.25) is 0 Å². The minimum Gasteiger partial charge on any atom is -0.396 e. The molecular formula is C18H29N3O2. The lowest BCUT2D eigenvalue weighted by molar-refractivity contribution is 0.0358. The Hall–Kier alpha value is -1.59. The van der Waals surface area contributed by atoms with E-state index in [2.05, 4.69) is 17.1 Å². The zero-order valence-electron chi connectivity index (χ0n) is 14.5. The minimum atomic E-state index is -0.0803. The Kier molecular flexibility index (Phi) is 6.02. The van der Waals surface area contributed by atoms with Crippen molar-refractivity contribution in [1.82, 2.24) is 9.80 Å². The fourth-order valence-electron chi connectivity index (χ4n) is 3.25. The number of carbonyl (C=O) groups excluding carboxylic acids is 1. The number of anilines is 1. The summed E-state index contributed by atoms with van der Waals surface area (Å²) in [6.07, 6.45) is 2.67. The molecule has 1 aromatic rings. The predicted molar refractivity (Wildman–Crippen MR) is 93.7 cm³/mol. The number of urea groups is 1. The maximum atomic E-state index is 12.4. The van der Waals surface area contributed by atoms with Gasteiger partial charge in [-0.05, 0) is 51.1 Å². The Bertz CT molecular complexity index is 506. The zero-order valence-corrected chi connectivity index (χ0v) is 14.5. The van der Waals surface area contributed by atoms with Gasteiger partial charge >= 0.3 is 6.03 Å². The molecule has 0 saturated carbocycles. The second-order valence-electron chi connectivity index (χ2n) is 6.86. The first-order chi connectivity index (χ1) is 11.0. The highest BCUT2D eigenvalue weighted by molar-refractivity contribution is 5.89. The maximum absolute atomic E-state index is 12.4. The van der Waals surface area contributed by atoms with Gasteiger partial charge in [-0.1, -0.05) is 19.1 Å². The molecular weight excluding hydrogens is 290 g/mol. The molecule has 1 aromatic carbocycles. The van der Waals surface area contributed by atoms with Crippen molar-refractivity contribution in [2.45, 2.75) is 26.2 Å². The summed E-state index contributed by atoms with van der Waals surface area (Å²) in [7, 11) is 4.05. The summed E-state index contributed by atoms with van der Waals surface area (Å²) in [4.78, 5) is 16.3. The third-order valence-corrected chi connectivity index (χ3v) is 4.71. The molecule has 2 amide bonds. The molecule has 2 N–H and O–H groups in total. The lowest BCUT2D eigenvalue weighted by Crippen LogP contribution is -2.49. The number of carbonyl (C=O) groups is 1. The van der Waals surface area contributed by atoms with Crippen LogP contribution in [0.2, 0.25) is 0 Å². The van der Waals surface area contributed by atoms with E-state index in [1.54, 1.807) is 0 Å². The van der Waals surface area contributed by atoms with Crippen LogP contribution in [0, 0.1) is 5.41 Å². The van der Waals surface area contributed by atoms with E-state index in [4.69, 9.17) is 0 Å².